The Labute approximate surface area is 503 Å². The number of aryl methyl sites for hydroxylation is 6. The molecular weight excluding hydrogens is 1120 g/mol. The van der Waals surface area contributed by atoms with Gasteiger partial charge in [-0.05, 0) is 170 Å². The zero-order valence-corrected chi connectivity index (χ0v) is 47.1. The quantitative estimate of drug-likeness (QED) is 0.0537. The molecular formula is C67H65Cl3FN9O4. The first-order valence-corrected chi connectivity index (χ1v) is 27.5. The number of halogens is 4. The van der Waals surface area contributed by atoms with Crippen molar-refractivity contribution in [2.45, 2.75) is 65.9 Å². The molecule has 0 fully saturated rings. The van der Waals surface area contributed by atoms with E-state index in [9.17, 15) is 14.3 Å². The highest BCUT2D eigenvalue weighted by atomic mass is 35.5. The van der Waals surface area contributed by atoms with E-state index in [1.165, 1.54) is 22.8 Å². The number of H-pyrrole nitrogens is 3. The molecule has 0 aliphatic carbocycles. The summed E-state index contributed by atoms with van der Waals surface area (Å²) in [6, 6.07) is 48.2. The zero-order valence-electron chi connectivity index (χ0n) is 44.9. The first kappa shape index (κ1) is 62.8. The number of ether oxygens (including phenoxy) is 2. The van der Waals surface area contributed by atoms with E-state index in [2.05, 4.69) is 70.2 Å². The standard InChI is InChI=1S/C22H20ClN3O2.C22H20ClN3O.C14H11ClFNO.C7H6N2.2CH4/c1-28-22-18(20(27)19-13-25-21-17(19)3-2-12-24-21)11-10-16(26-22)9-6-14-4-7-15(23)8-5-14;1-27-22-16(13-17-14-25-21-20(17)3-2-12-24-21)7-11-19(26-22)10-6-15-4-8-18(23)9-5-15;15-12-5-1-10(2-6-12)3-7-13-8-4-11(9-18)14(16)17-13;1-2-6-3-5-9-7(6)8-4-1;;/h2-5,7-8,10-13,20,27H,6,9H2,1H3,(H,24,25);2-5,7-9,11-12,14H,6,10,13H2,1H3,(H,24,25);1-2,4-6,8-9H,3,7H2;1-5H,(H,8,9);2*1H4. The summed E-state index contributed by atoms with van der Waals surface area (Å²) >= 11 is 17.7. The third-order valence-electron chi connectivity index (χ3n) is 13.5. The van der Waals surface area contributed by atoms with Gasteiger partial charge in [0.05, 0.1) is 19.8 Å². The van der Waals surface area contributed by atoms with Crippen LogP contribution >= 0.6 is 34.8 Å². The number of benzene rings is 3. The highest BCUT2D eigenvalue weighted by Gasteiger charge is 2.21. The Morgan fingerprint density at radius 3 is 1.55 bits per heavy atom. The van der Waals surface area contributed by atoms with Crippen molar-refractivity contribution < 1.29 is 23.8 Å². The molecule has 0 radical (unpaired) electrons. The molecule has 13 nitrogen and oxygen atoms in total. The number of rotatable bonds is 16. The topological polar surface area (TPSA) is 180 Å². The second-order valence-electron chi connectivity index (χ2n) is 18.9. The van der Waals surface area contributed by atoms with Crippen LogP contribution in [0.3, 0.4) is 0 Å². The fourth-order valence-corrected chi connectivity index (χ4v) is 9.43. The Hall–Kier alpha value is -8.79. The van der Waals surface area contributed by atoms with Crippen molar-refractivity contribution in [2.24, 2.45) is 0 Å². The first-order chi connectivity index (χ1) is 40.0. The van der Waals surface area contributed by atoms with Gasteiger partial charge in [-0.2, -0.15) is 4.39 Å². The highest BCUT2D eigenvalue weighted by Crippen LogP contribution is 2.33. The van der Waals surface area contributed by atoms with Crippen LogP contribution in [0.4, 0.5) is 4.39 Å². The van der Waals surface area contributed by atoms with Gasteiger partial charge in [-0.1, -0.05) is 92.1 Å². The molecule has 9 heterocycles. The van der Waals surface area contributed by atoms with Crippen molar-refractivity contribution in [3.63, 3.8) is 0 Å². The van der Waals surface area contributed by atoms with Gasteiger partial charge in [0.2, 0.25) is 17.7 Å². The Balaban J connectivity index is 0.000000169. The average molecular weight is 1190 g/mol. The number of aromatic nitrogens is 9. The summed E-state index contributed by atoms with van der Waals surface area (Å²) in [5.41, 5.74) is 12.3. The number of hydrogen-bond donors (Lipinski definition) is 4. The maximum Gasteiger partial charge on any atom is 0.223 e. The van der Waals surface area contributed by atoms with E-state index in [1.807, 2.05) is 122 Å². The van der Waals surface area contributed by atoms with Crippen LogP contribution in [-0.4, -0.2) is 70.5 Å². The number of carbonyl (C=O) groups is 1. The number of nitrogens with one attached hydrogen (secondary N) is 3. The number of hydrogen-bond acceptors (Lipinski definition) is 10. The van der Waals surface area contributed by atoms with Crippen LogP contribution in [-0.2, 0) is 44.9 Å². The molecule has 0 spiro atoms. The zero-order chi connectivity index (χ0) is 57.2. The number of aliphatic hydroxyl groups is 1. The lowest BCUT2D eigenvalue weighted by molar-refractivity contribution is 0.111. The lowest BCUT2D eigenvalue weighted by Gasteiger charge is -2.15. The number of pyridine rings is 6. The van der Waals surface area contributed by atoms with Crippen LogP contribution in [0.1, 0.15) is 87.3 Å². The van der Waals surface area contributed by atoms with E-state index < -0.39 is 12.1 Å². The Morgan fingerprint density at radius 1 is 0.512 bits per heavy atom. The predicted molar refractivity (Wildman–Crippen MR) is 336 cm³/mol. The Kier molecular flexibility index (Phi) is 23.2. The van der Waals surface area contributed by atoms with Gasteiger partial charge in [-0.15, -0.1) is 0 Å². The molecule has 1 atom stereocenters. The number of aldehydes is 1. The molecule has 0 aliphatic heterocycles. The second kappa shape index (κ2) is 31.0. The average Bonchev–Trinajstić information content (AvgIpc) is 3.36. The van der Waals surface area contributed by atoms with Gasteiger partial charge in [-0.3, -0.25) is 4.79 Å². The second-order valence-corrected chi connectivity index (χ2v) is 20.2. The van der Waals surface area contributed by atoms with Crippen LogP contribution in [0.5, 0.6) is 11.8 Å². The van der Waals surface area contributed by atoms with Crippen LogP contribution in [0.25, 0.3) is 33.1 Å². The summed E-state index contributed by atoms with van der Waals surface area (Å²) in [5, 5.41) is 16.3. The molecule has 0 saturated carbocycles. The van der Waals surface area contributed by atoms with Gasteiger partial charge in [-0.25, -0.2) is 29.9 Å². The van der Waals surface area contributed by atoms with Crippen molar-refractivity contribution in [3.05, 3.63) is 271 Å². The smallest absolute Gasteiger partial charge is 0.223 e. The number of fused-ring (bicyclic) bond motifs is 3. The minimum absolute atomic E-state index is 0. The summed E-state index contributed by atoms with van der Waals surface area (Å²) in [6.07, 6.45) is 16.1. The van der Waals surface area contributed by atoms with E-state index >= 15 is 0 Å². The number of aromatic amines is 3. The van der Waals surface area contributed by atoms with E-state index in [0.717, 1.165) is 110 Å². The van der Waals surface area contributed by atoms with Crippen LogP contribution in [0.15, 0.2) is 189 Å². The molecule has 0 aliphatic rings. The van der Waals surface area contributed by atoms with E-state index in [1.54, 1.807) is 45.1 Å². The fourth-order valence-electron chi connectivity index (χ4n) is 9.06. The highest BCUT2D eigenvalue weighted by molar-refractivity contribution is 6.31. The maximum atomic E-state index is 13.3. The maximum absolute atomic E-state index is 13.3. The lowest BCUT2D eigenvalue weighted by Crippen LogP contribution is -2.05. The lowest BCUT2D eigenvalue weighted by atomic mass is 10.0. The molecule has 1 unspecified atom stereocenters. The van der Waals surface area contributed by atoms with Crippen molar-refractivity contribution in [2.75, 3.05) is 14.2 Å². The largest absolute Gasteiger partial charge is 0.481 e. The Bertz CT molecular complexity index is 3980. The molecule has 4 N–H and O–H groups in total. The minimum atomic E-state index is -0.856. The minimum Gasteiger partial charge on any atom is -0.481 e. The molecule has 84 heavy (non-hydrogen) atoms. The molecule has 3 aromatic carbocycles. The van der Waals surface area contributed by atoms with Gasteiger partial charge < -0.3 is 29.5 Å². The van der Waals surface area contributed by atoms with Crippen molar-refractivity contribution in [1.29, 1.82) is 0 Å². The van der Waals surface area contributed by atoms with Gasteiger partial charge >= 0.3 is 0 Å². The van der Waals surface area contributed by atoms with Gasteiger partial charge in [0, 0.05) is 109 Å². The first-order valence-electron chi connectivity index (χ1n) is 26.3. The van der Waals surface area contributed by atoms with Gasteiger partial charge in [0.25, 0.3) is 0 Å². The van der Waals surface area contributed by atoms with Crippen molar-refractivity contribution in [3.8, 4) is 11.8 Å². The molecule has 0 bridgehead atoms. The fraction of sp³-hybridized carbons (Fsp3) is 0.179. The molecule has 12 aromatic rings. The summed E-state index contributed by atoms with van der Waals surface area (Å²) in [5.74, 6) is 0.403. The van der Waals surface area contributed by atoms with Gasteiger partial charge in [0.1, 0.15) is 23.0 Å². The number of aliphatic hydroxyl groups excluding tert-OH is 1. The summed E-state index contributed by atoms with van der Waals surface area (Å²) in [6.45, 7) is 0. The van der Waals surface area contributed by atoms with Crippen LogP contribution in [0.2, 0.25) is 15.1 Å². The third kappa shape index (κ3) is 16.9. The van der Waals surface area contributed by atoms with Crippen molar-refractivity contribution >= 4 is 74.2 Å². The third-order valence-corrected chi connectivity index (χ3v) is 14.2. The number of carbonyl (C=O) groups excluding carboxylic acids is 1. The monoisotopic (exact) mass is 1180 g/mol. The molecule has 430 valence electrons. The number of methoxy groups -OCH3 is 2. The summed E-state index contributed by atoms with van der Waals surface area (Å²) < 4.78 is 24.3. The van der Waals surface area contributed by atoms with E-state index in [4.69, 9.17) is 49.3 Å². The molecule has 0 amide bonds. The molecule has 17 heteroatoms. The molecule has 12 rings (SSSR count). The number of nitrogens with zero attached hydrogens (tertiary/aromatic N) is 6. The van der Waals surface area contributed by atoms with Crippen molar-refractivity contribution in [1.82, 2.24) is 44.9 Å². The van der Waals surface area contributed by atoms with E-state index in [-0.39, 0.29) is 20.4 Å². The predicted octanol–water partition coefficient (Wildman–Crippen LogP) is 15.8. The molecule has 0 saturated heterocycles. The summed E-state index contributed by atoms with van der Waals surface area (Å²) in [7, 11) is 3.24. The Morgan fingerprint density at radius 2 is 1.00 bits per heavy atom. The van der Waals surface area contributed by atoms with Gasteiger partial charge in [0.15, 0.2) is 6.29 Å². The van der Waals surface area contributed by atoms with Crippen LogP contribution in [0, 0.1) is 5.95 Å². The normalized spacial score (nSPS) is 10.9. The summed E-state index contributed by atoms with van der Waals surface area (Å²) in [4.78, 5) is 45.5. The molecule has 9 aromatic heterocycles. The SMILES string of the molecule is C.C.COc1nc(CCc2ccc(Cl)cc2)ccc1C(O)c1c[nH]c2ncccc12.COc1nc(CCc2ccc(Cl)cc2)ccc1Cc1c[nH]c2ncccc12.O=Cc1ccc(CCc2ccc(Cl)cc2)nc1F.c1cnc2[nH]ccc2c1. The van der Waals surface area contributed by atoms with E-state index in [0.29, 0.717) is 40.7 Å². The van der Waals surface area contributed by atoms with Crippen LogP contribution < -0.4 is 9.47 Å².